The fraction of sp³-hybridized carbons (Fsp3) is 0.362. The van der Waals surface area contributed by atoms with Crippen LogP contribution in [-0.4, -0.2) is 216 Å². The molecule has 0 radical (unpaired) electrons. The van der Waals surface area contributed by atoms with Crippen molar-refractivity contribution in [2.45, 2.75) is 145 Å². The van der Waals surface area contributed by atoms with Crippen molar-refractivity contribution >= 4 is 70.5 Å². The Bertz CT molecular complexity index is 5870. The molecule has 0 saturated carbocycles. The molecule has 4 aliphatic heterocycles. The number of nitrogens with zero attached hydrogens (tertiary/aromatic N) is 21. The number of nitrogens with one attached hydrogen (secondary N) is 2. The van der Waals surface area contributed by atoms with Gasteiger partial charge in [0.05, 0.1) is 115 Å². The van der Waals surface area contributed by atoms with Crippen LogP contribution in [-0.2, 0) is 95.3 Å². The largest absolute Gasteiger partial charge is 0.476 e. The van der Waals surface area contributed by atoms with Crippen LogP contribution in [0.1, 0.15) is 133 Å². The zero-order valence-electron chi connectivity index (χ0n) is 68.4. The topological polar surface area (TPSA) is 433 Å². The lowest BCUT2D eigenvalue weighted by Crippen LogP contribution is -2.35. The number of methoxy groups -OCH3 is 4. The van der Waals surface area contributed by atoms with Gasteiger partial charge in [0.25, 0.3) is 11.8 Å². The summed E-state index contributed by atoms with van der Waals surface area (Å²) < 4.78 is 63.3. The highest BCUT2D eigenvalue weighted by atomic mass is 35.5. The van der Waals surface area contributed by atoms with Gasteiger partial charge in [-0.3, -0.25) is 27.9 Å². The molecular formula is C80H88Cl4N24O14. The third-order valence-electron chi connectivity index (χ3n) is 19.3. The average Bonchev–Trinajstić information content (AvgIpc) is 1.62. The number of amides is 2. The van der Waals surface area contributed by atoms with Gasteiger partial charge in [-0.2, -0.15) is 0 Å². The number of halogens is 4. The molecule has 122 heavy (non-hydrogen) atoms. The van der Waals surface area contributed by atoms with Gasteiger partial charge >= 0.3 is 5.97 Å². The van der Waals surface area contributed by atoms with Gasteiger partial charge in [0.2, 0.25) is 5.89 Å². The number of aromatic carboxylic acids is 1. The average molecular weight is 1750 g/mol. The lowest BCUT2D eigenvalue weighted by atomic mass is 10.1. The van der Waals surface area contributed by atoms with Crippen molar-refractivity contribution in [3.8, 4) is 79.9 Å². The van der Waals surface area contributed by atoms with E-state index in [1.54, 1.807) is 68.2 Å². The van der Waals surface area contributed by atoms with E-state index < -0.39 is 18.2 Å². The summed E-state index contributed by atoms with van der Waals surface area (Å²) in [6, 6.07) is 22.0. The summed E-state index contributed by atoms with van der Waals surface area (Å²) in [6.07, 6.45) is 9.69. The van der Waals surface area contributed by atoms with Gasteiger partial charge in [-0.25, -0.2) is 29.7 Å². The number of carboxylic acid groups (broad SMARTS) is 1. The first kappa shape index (κ1) is 88.2. The smallest absolute Gasteiger partial charge is 0.356 e. The quantitative estimate of drug-likeness (QED) is 0.0305. The van der Waals surface area contributed by atoms with E-state index in [0.29, 0.717) is 135 Å². The van der Waals surface area contributed by atoms with Crippen molar-refractivity contribution in [2.75, 3.05) is 48.1 Å². The number of carboxylic acids is 1. The van der Waals surface area contributed by atoms with E-state index in [4.69, 9.17) is 94.4 Å². The summed E-state index contributed by atoms with van der Waals surface area (Å²) in [6.45, 7) is 18.8. The lowest BCUT2D eigenvalue weighted by molar-refractivity contribution is -0.107. The lowest BCUT2D eigenvalue weighted by Gasteiger charge is -2.14. The van der Waals surface area contributed by atoms with Crippen LogP contribution in [0, 0.1) is 0 Å². The molecular weight excluding hydrogens is 1660 g/mol. The van der Waals surface area contributed by atoms with E-state index in [0.717, 1.165) is 62.3 Å². The highest BCUT2D eigenvalue weighted by Crippen LogP contribution is 2.40. The Kier molecular flexibility index (Phi) is 28.5. The molecule has 0 unspecified atom stereocenters. The molecule has 9 aromatic heterocycles. The van der Waals surface area contributed by atoms with Crippen LogP contribution in [0.4, 0.5) is 0 Å². The van der Waals surface area contributed by atoms with E-state index in [9.17, 15) is 24.3 Å². The summed E-state index contributed by atoms with van der Waals surface area (Å²) in [4.78, 5) is 69.3. The second kappa shape index (κ2) is 39.5. The Balaban J connectivity index is 0.000000137. The van der Waals surface area contributed by atoms with Crippen LogP contribution in [0.5, 0.6) is 0 Å². The second-order valence-electron chi connectivity index (χ2n) is 28.6. The molecule has 640 valence electrons. The minimum absolute atomic E-state index is 0.00294. The highest BCUT2D eigenvalue weighted by Gasteiger charge is 2.34. The van der Waals surface area contributed by atoms with Crippen molar-refractivity contribution in [1.82, 2.24) is 113 Å². The van der Waals surface area contributed by atoms with E-state index >= 15 is 0 Å². The molecule has 42 heteroatoms. The minimum atomic E-state index is -1.08. The normalized spacial score (nSPS) is 12.3. The first-order valence-electron chi connectivity index (χ1n) is 38.4. The predicted octanol–water partition coefficient (Wildman–Crippen LogP) is 10.5. The Morgan fingerprint density at radius 1 is 0.459 bits per heavy atom. The third kappa shape index (κ3) is 19.3. The summed E-state index contributed by atoms with van der Waals surface area (Å²) in [5.74, 6) is 3.92. The van der Waals surface area contributed by atoms with Gasteiger partial charge < -0.3 is 86.8 Å². The zero-order valence-corrected chi connectivity index (χ0v) is 71.5. The molecule has 0 bridgehead atoms. The van der Waals surface area contributed by atoms with Gasteiger partial charge in [0.1, 0.15) is 70.0 Å². The molecule has 17 rings (SSSR count). The maximum absolute atomic E-state index is 13.0. The number of ether oxygens (including phenoxy) is 8. The van der Waals surface area contributed by atoms with E-state index in [1.165, 1.54) is 26.8 Å². The molecule has 0 fully saturated rings. The Hall–Kier alpha value is -11.6. The summed E-state index contributed by atoms with van der Waals surface area (Å²) in [7, 11) is 6.14. The van der Waals surface area contributed by atoms with Crippen molar-refractivity contribution in [3.63, 3.8) is 0 Å². The maximum atomic E-state index is 13.0. The Labute approximate surface area is 718 Å². The second-order valence-corrected chi connectivity index (χ2v) is 30.3. The molecule has 38 nitrogen and oxygen atoms in total. The first-order chi connectivity index (χ1) is 58.8. The SMILES string of the molecule is CC(C)OCc1nnc2n1Cc1c(-c3ncco3)ncn1-c1ccc(Cl)cc1-2.CC(C)OCc1nnc2n1Cc1c(C(=O)NCC=O)ncn1-c1ccc(Cl)cc1-2.CC(C)OCc1nnc2n1Cc1c(C(=O)O)ncn1-c1ccc(Cl)cc1-2.COC(CN)OC.COC(CNC(=O)c1ncn2c1Cn1c(COC(C)C)nnc1-c1cc(Cl)ccc1-2)OC. The minimum Gasteiger partial charge on any atom is -0.476 e. The van der Waals surface area contributed by atoms with E-state index in [1.807, 2.05) is 136 Å². The fourth-order valence-electron chi connectivity index (χ4n) is 13.4. The standard InChI is InChI=1S/C21H25ClN6O4.C19H19ClN6O3.C19H17ClN6O2.C17H16ClN5O3.C4H11NO2/c1-12(2)32-10-17-25-26-20-14-7-13(22)5-6-15(14)28-11-24-19(16(28)9-27(17)20)21(29)23-8-18(30-3)31-4;1-11(2)29-9-16-23-24-18-13-7-12(20)3-4-14(13)26-10-22-17(15(26)8-25(16)18)19(28)21-5-6-27;1-11(2)28-9-16-23-24-18-13-7-12(20)3-4-14(13)26-10-22-17(15(26)8-25(16)18)19-21-5-6-27-19;1-9(2)26-7-14-20-21-16-11-5-10(18)3-4-12(11)23-8-19-15(17(24)25)13(23)6-22(14)16;1-6-4(3-5)7-2/h5-7,11-12,18H,8-10H2,1-4H3,(H,23,29);3-4,6-7,10-11H,5,8-9H2,1-2H3,(H,21,28);3-7,10-11H,8-9H2,1-2H3;3-5,8-9H,6-7H2,1-2H3,(H,24,25);4H,3,5H2,1-2H3. The number of benzene rings is 4. The van der Waals surface area contributed by atoms with Crippen LogP contribution >= 0.6 is 46.4 Å². The van der Waals surface area contributed by atoms with Crippen molar-refractivity contribution < 1.29 is 66.6 Å². The van der Waals surface area contributed by atoms with Gasteiger partial charge in [-0.1, -0.05) is 46.4 Å². The van der Waals surface area contributed by atoms with Crippen molar-refractivity contribution in [1.29, 1.82) is 0 Å². The van der Waals surface area contributed by atoms with Crippen LogP contribution in [0.2, 0.25) is 20.1 Å². The van der Waals surface area contributed by atoms with Crippen LogP contribution < -0.4 is 16.4 Å². The van der Waals surface area contributed by atoms with Crippen molar-refractivity contribution in [2.24, 2.45) is 5.73 Å². The Morgan fingerprint density at radius 3 is 1.10 bits per heavy atom. The van der Waals surface area contributed by atoms with Gasteiger partial charge in [-0.05, 0) is 128 Å². The molecule has 5 N–H and O–H groups in total. The number of hydrogen-bond donors (Lipinski definition) is 4. The zero-order chi connectivity index (χ0) is 86.7. The molecule has 4 aliphatic rings. The number of imidazole rings is 4. The predicted molar refractivity (Wildman–Crippen MR) is 444 cm³/mol. The molecule has 13 heterocycles. The molecule has 0 atom stereocenters. The van der Waals surface area contributed by atoms with E-state index in [2.05, 4.69) is 76.3 Å². The maximum Gasteiger partial charge on any atom is 0.356 e. The molecule has 0 aliphatic carbocycles. The molecule has 0 spiro atoms. The van der Waals surface area contributed by atoms with Crippen LogP contribution in [0.3, 0.4) is 0 Å². The summed E-state index contributed by atoms with van der Waals surface area (Å²) >= 11 is 25.0. The third-order valence-corrected chi connectivity index (χ3v) is 20.3. The van der Waals surface area contributed by atoms with Gasteiger partial charge in [-0.15, -0.1) is 40.8 Å². The number of oxazole rings is 1. The van der Waals surface area contributed by atoms with Gasteiger partial charge in [0, 0.05) is 77.3 Å². The number of rotatable bonds is 25. The summed E-state index contributed by atoms with van der Waals surface area (Å²) in [5.41, 5.74) is 15.7. The number of hydrogen-bond acceptors (Lipinski definition) is 27. The molecule has 2 amide bonds. The molecule has 4 aromatic carbocycles. The van der Waals surface area contributed by atoms with Crippen molar-refractivity contribution in [3.05, 3.63) is 194 Å². The molecule has 13 aromatic rings. The fourth-order valence-corrected chi connectivity index (χ4v) is 14.1. The first-order valence-corrected chi connectivity index (χ1v) is 39.9. The van der Waals surface area contributed by atoms with E-state index in [-0.39, 0.29) is 80.8 Å². The number of nitrogens with two attached hydrogens (primary N) is 1. The number of fused-ring (bicyclic) bond motifs is 20. The number of aldehydes is 1. The number of carbonyl (C=O) groups is 4. The van der Waals surface area contributed by atoms with Crippen LogP contribution in [0.15, 0.2) is 115 Å². The number of aromatic nitrogens is 21. The highest BCUT2D eigenvalue weighted by molar-refractivity contribution is 6.32. The number of carbonyl (C=O) groups excluding carboxylic acids is 3. The summed E-state index contributed by atoms with van der Waals surface area (Å²) in [5, 5.41) is 51.9. The Morgan fingerprint density at radius 2 is 0.787 bits per heavy atom. The monoisotopic (exact) mass is 1750 g/mol. The van der Waals surface area contributed by atoms with Crippen LogP contribution in [0.25, 0.3) is 79.9 Å². The van der Waals surface area contributed by atoms with Gasteiger partial charge in [0.15, 0.2) is 76.3 Å². The molecule has 0 saturated heterocycles.